The monoisotopic (exact) mass is 423 g/mol. The molecule has 3 rings (SSSR count). The van der Waals surface area contributed by atoms with Gasteiger partial charge in [-0.25, -0.2) is 0 Å². The molecule has 162 valence electrons. The summed E-state index contributed by atoms with van der Waals surface area (Å²) in [6, 6.07) is 5.15. The number of nitrogens with one attached hydrogen (secondary N) is 2. The van der Waals surface area contributed by atoms with Crippen LogP contribution in [0, 0.1) is 6.92 Å². The predicted octanol–water partition coefficient (Wildman–Crippen LogP) is 1.49. The number of rotatable bonds is 9. The Morgan fingerprint density at radius 1 is 1.16 bits per heavy atom. The molecular formula is C20H25N9O2. The van der Waals surface area contributed by atoms with Gasteiger partial charge in [-0.15, -0.1) is 10.2 Å². The molecule has 1 aromatic carbocycles. The Morgan fingerprint density at radius 3 is 2.55 bits per heavy atom. The number of carbonyl (C=O) groups is 2. The molecule has 0 bridgehead atoms. The number of amides is 2. The van der Waals surface area contributed by atoms with Gasteiger partial charge in [0.15, 0.2) is 11.5 Å². The lowest BCUT2D eigenvalue weighted by atomic mass is 10.1. The topological polar surface area (TPSA) is 167 Å². The van der Waals surface area contributed by atoms with Crippen LogP contribution in [-0.2, 0) is 11.8 Å². The van der Waals surface area contributed by atoms with Crippen LogP contribution in [0.2, 0.25) is 0 Å². The second-order valence-corrected chi connectivity index (χ2v) is 7.20. The van der Waals surface area contributed by atoms with E-state index >= 15 is 0 Å². The molecule has 6 N–H and O–H groups in total. The van der Waals surface area contributed by atoms with Gasteiger partial charge in [-0.2, -0.15) is 10.1 Å². The van der Waals surface area contributed by atoms with Gasteiger partial charge >= 0.3 is 0 Å². The Balaban J connectivity index is 1.95. The van der Waals surface area contributed by atoms with E-state index in [1.807, 2.05) is 45.3 Å². The molecule has 11 heteroatoms. The van der Waals surface area contributed by atoms with Crippen LogP contribution in [0.4, 0.5) is 17.5 Å². The maximum atomic E-state index is 11.8. The summed E-state index contributed by atoms with van der Waals surface area (Å²) in [5.41, 5.74) is 14.3. The molecule has 0 aliphatic heterocycles. The quantitative estimate of drug-likeness (QED) is 0.401. The molecule has 2 amide bonds. The molecule has 3 aromatic rings. The molecule has 31 heavy (non-hydrogen) atoms. The number of nitrogens with two attached hydrogens (primary N) is 2. The van der Waals surface area contributed by atoms with Gasteiger partial charge in [0, 0.05) is 24.5 Å². The van der Waals surface area contributed by atoms with Gasteiger partial charge in [0.2, 0.25) is 11.9 Å². The second kappa shape index (κ2) is 9.20. The fourth-order valence-corrected chi connectivity index (χ4v) is 3.10. The van der Waals surface area contributed by atoms with Gasteiger partial charge in [0.25, 0.3) is 5.91 Å². The number of aromatic nitrogens is 5. The highest BCUT2D eigenvalue weighted by Gasteiger charge is 2.19. The lowest BCUT2D eigenvalue weighted by Gasteiger charge is -2.16. The molecule has 11 nitrogen and oxygen atoms in total. The minimum absolute atomic E-state index is 0.0601. The fraction of sp³-hybridized carbons (Fsp3) is 0.300. The van der Waals surface area contributed by atoms with Crippen molar-refractivity contribution < 1.29 is 9.59 Å². The molecule has 2 heterocycles. The fourth-order valence-electron chi connectivity index (χ4n) is 3.10. The Morgan fingerprint density at radius 2 is 1.94 bits per heavy atom. The van der Waals surface area contributed by atoms with E-state index < -0.39 is 17.9 Å². The summed E-state index contributed by atoms with van der Waals surface area (Å²) in [5, 5.41) is 17.9. The molecule has 0 fully saturated rings. The number of primary amides is 2. The number of nitrogens with zero attached hydrogens (tertiary/aromatic N) is 5. The zero-order valence-electron chi connectivity index (χ0n) is 17.6. The standard InChI is InChI=1S/C20H25N9O2/c1-4-5-15(17(21)30)25-20-26-19(16(18(22)31)27-28-20)24-14-7-11(2)6-12(8-14)13-9-23-29(3)10-13/h6-10,15H,4-5H2,1-3H3,(H2,21,30)(H2,22,31)(H2,24,25,26,28)/t15-/m1/s1. The van der Waals surface area contributed by atoms with Crippen molar-refractivity contribution in [2.24, 2.45) is 18.5 Å². The van der Waals surface area contributed by atoms with E-state index in [2.05, 4.69) is 30.9 Å². The Labute approximate surface area is 179 Å². The summed E-state index contributed by atoms with van der Waals surface area (Å²) >= 11 is 0. The number of hydrogen-bond acceptors (Lipinski definition) is 8. The van der Waals surface area contributed by atoms with Gasteiger partial charge in [-0.1, -0.05) is 19.4 Å². The van der Waals surface area contributed by atoms with Crippen molar-refractivity contribution in [3.05, 3.63) is 41.9 Å². The van der Waals surface area contributed by atoms with Crippen LogP contribution >= 0.6 is 0 Å². The van der Waals surface area contributed by atoms with Crippen molar-refractivity contribution in [1.82, 2.24) is 25.0 Å². The van der Waals surface area contributed by atoms with Crippen molar-refractivity contribution in [3.8, 4) is 11.1 Å². The third-order valence-corrected chi connectivity index (χ3v) is 4.52. The van der Waals surface area contributed by atoms with Gasteiger partial charge in [0.05, 0.1) is 6.20 Å². The lowest BCUT2D eigenvalue weighted by molar-refractivity contribution is -0.118. The minimum atomic E-state index is -0.783. The zero-order chi connectivity index (χ0) is 22.5. The number of carbonyl (C=O) groups excluding carboxylic acids is 2. The first-order valence-corrected chi connectivity index (χ1v) is 9.75. The highest BCUT2D eigenvalue weighted by Crippen LogP contribution is 2.27. The SMILES string of the molecule is CCC[C@@H](Nc1nnc(C(N)=O)c(Nc2cc(C)cc(-c3cnn(C)c3)c2)n1)C(N)=O. The van der Waals surface area contributed by atoms with Crippen LogP contribution in [0.1, 0.15) is 35.8 Å². The first-order valence-electron chi connectivity index (χ1n) is 9.75. The lowest BCUT2D eigenvalue weighted by Crippen LogP contribution is -2.36. The molecule has 0 radical (unpaired) electrons. The maximum Gasteiger partial charge on any atom is 0.273 e. The van der Waals surface area contributed by atoms with Gasteiger partial charge < -0.3 is 22.1 Å². The van der Waals surface area contributed by atoms with Gasteiger partial charge in [-0.3, -0.25) is 14.3 Å². The summed E-state index contributed by atoms with van der Waals surface area (Å²) < 4.78 is 1.72. The number of benzene rings is 1. The van der Waals surface area contributed by atoms with Crippen LogP contribution in [-0.4, -0.2) is 42.8 Å². The molecule has 0 saturated carbocycles. The molecule has 0 aliphatic rings. The molecule has 0 saturated heterocycles. The maximum absolute atomic E-state index is 11.8. The van der Waals surface area contributed by atoms with E-state index in [1.165, 1.54) is 0 Å². The average Bonchev–Trinajstić information content (AvgIpc) is 3.13. The molecular weight excluding hydrogens is 398 g/mol. The number of anilines is 3. The largest absolute Gasteiger partial charge is 0.368 e. The molecule has 1 atom stereocenters. The third-order valence-electron chi connectivity index (χ3n) is 4.52. The highest BCUT2D eigenvalue weighted by atomic mass is 16.1. The summed E-state index contributed by atoms with van der Waals surface area (Å²) in [7, 11) is 1.84. The van der Waals surface area contributed by atoms with Crippen LogP contribution in [0.15, 0.2) is 30.6 Å². The Kier molecular flexibility index (Phi) is 6.43. The highest BCUT2D eigenvalue weighted by molar-refractivity contribution is 5.96. The van der Waals surface area contributed by atoms with Crippen molar-refractivity contribution in [2.75, 3.05) is 10.6 Å². The molecule has 2 aromatic heterocycles. The molecule has 0 aliphatic carbocycles. The van der Waals surface area contributed by atoms with E-state index in [-0.39, 0.29) is 17.5 Å². The Hall–Kier alpha value is -4.02. The smallest absolute Gasteiger partial charge is 0.273 e. The Bertz CT molecular complexity index is 1110. The summed E-state index contributed by atoms with van der Waals surface area (Å²) in [4.78, 5) is 27.8. The first kappa shape index (κ1) is 21.7. The summed E-state index contributed by atoms with van der Waals surface area (Å²) in [5.74, 6) is -1.13. The summed E-state index contributed by atoms with van der Waals surface area (Å²) in [6.45, 7) is 3.88. The third kappa shape index (κ3) is 5.32. The van der Waals surface area contributed by atoms with E-state index in [0.717, 1.165) is 23.1 Å². The first-order chi connectivity index (χ1) is 14.8. The molecule has 0 unspecified atom stereocenters. The van der Waals surface area contributed by atoms with Crippen LogP contribution in [0.5, 0.6) is 0 Å². The minimum Gasteiger partial charge on any atom is -0.368 e. The average molecular weight is 423 g/mol. The van der Waals surface area contributed by atoms with Crippen LogP contribution < -0.4 is 22.1 Å². The van der Waals surface area contributed by atoms with Crippen molar-refractivity contribution in [3.63, 3.8) is 0 Å². The number of aryl methyl sites for hydroxylation is 2. The predicted molar refractivity (Wildman–Crippen MR) is 117 cm³/mol. The van der Waals surface area contributed by atoms with E-state index in [0.29, 0.717) is 12.1 Å². The van der Waals surface area contributed by atoms with Crippen LogP contribution in [0.25, 0.3) is 11.1 Å². The van der Waals surface area contributed by atoms with Gasteiger partial charge in [-0.05, 0) is 36.6 Å². The van der Waals surface area contributed by atoms with Crippen molar-refractivity contribution in [2.45, 2.75) is 32.7 Å². The van der Waals surface area contributed by atoms with Gasteiger partial charge in [0.1, 0.15) is 6.04 Å². The normalized spacial score (nSPS) is 11.7. The van der Waals surface area contributed by atoms with E-state index in [1.54, 1.807) is 10.9 Å². The molecule has 0 spiro atoms. The summed E-state index contributed by atoms with van der Waals surface area (Å²) in [6.07, 6.45) is 4.91. The van der Waals surface area contributed by atoms with E-state index in [4.69, 9.17) is 11.5 Å². The van der Waals surface area contributed by atoms with E-state index in [9.17, 15) is 9.59 Å². The van der Waals surface area contributed by atoms with Crippen molar-refractivity contribution >= 4 is 29.3 Å². The zero-order valence-corrected chi connectivity index (χ0v) is 17.6. The number of hydrogen-bond donors (Lipinski definition) is 4. The van der Waals surface area contributed by atoms with Crippen LogP contribution in [0.3, 0.4) is 0 Å². The second-order valence-electron chi connectivity index (χ2n) is 7.20. The van der Waals surface area contributed by atoms with Crippen molar-refractivity contribution in [1.29, 1.82) is 0 Å².